The van der Waals surface area contributed by atoms with Crippen molar-refractivity contribution >= 4 is 48.9 Å². The zero-order valence-electron chi connectivity index (χ0n) is 18.0. The van der Waals surface area contributed by atoms with Gasteiger partial charge in [-0.05, 0) is 56.2 Å². The second kappa shape index (κ2) is 8.28. The molecule has 0 aliphatic heterocycles. The van der Waals surface area contributed by atoms with Crippen LogP contribution in [-0.2, 0) is 19.4 Å². The van der Waals surface area contributed by atoms with Crippen LogP contribution in [0.2, 0.25) is 0 Å². The van der Waals surface area contributed by atoms with E-state index >= 15 is 0 Å². The fourth-order valence-corrected chi connectivity index (χ4v) is 6.99. The SMILES string of the molecule is Cc1cc(S(=O)(=O)C2CC2)c2cnn([C@H](C[C@H]3CCC(=O)C3)C(=O)Nc3ncc(F)s3)c2c1. The molecule has 2 fully saturated rings. The van der Waals surface area contributed by atoms with Gasteiger partial charge in [-0.25, -0.2) is 13.4 Å². The fourth-order valence-electron chi connectivity index (χ4n) is 4.52. The van der Waals surface area contributed by atoms with Gasteiger partial charge in [-0.1, -0.05) is 11.3 Å². The van der Waals surface area contributed by atoms with Crippen LogP contribution >= 0.6 is 11.3 Å². The maximum Gasteiger partial charge on any atom is 0.251 e. The third kappa shape index (κ3) is 4.31. The maximum absolute atomic E-state index is 13.4. The van der Waals surface area contributed by atoms with Gasteiger partial charge in [0.05, 0.1) is 28.1 Å². The molecule has 174 valence electrons. The van der Waals surface area contributed by atoms with Crippen LogP contribution < -0.4 is 5.32 Å². The molecule has 2 aliphatic rings. The van der Waals surface area contributed by atoms with E-state index in [1.165, 1.54) is 10.9 Å². The number of sulfone groups is 1. The highest BCUT2D eigenvalue weighted by atomic mass is 32.2. The van der Waals surface area contributed by atoms with Gasteiger partial charge in [0.15, 0.2) is 20.1 Å². The van der Waals surface area contributed by atoms with Gasteiger partial charge in [0.25, 0.3) is 5.91 Å². The molecule has 2 aromatic heterocycles. The number of nitrogens with one attached hydrogen (secondary N) is 1. The summed E-state index contributed by atoms with van der Waals surface area (Å²) < 4.78 is 41.0. The second-order valence-electron chi connectivity index (χ2n) is 8.89. The first-order valence-corrected chi connectivity index (χ1v) is 13.2. The van der Waals surface area contributed by atoms with Crippen LogP contribution in [0, 0.1) is 18.0 Å². The molecule has 2 saturated carbocycles. The maximum atomic E-state index is 13.4. The molecule has 1 amide bonds. The number of amides is 1. The number of benzene rings is 1. The lowest BCUT2D eigenvalue weighted by Crippen LogP contribution is -2.28. The molecule has 3 aromatic rings. The quantitative estimate of drug-likeness (QED) is 0.539. The van der Waals surface area contributed by atoms with E-state index in [9.17, 15) is 22.4 Å². The highest BCUT2D eigenvalue weighted by Gasteiger charge is 2.39. The molecule has 8 nitrogen and oxygen atoms in total. The zero-order chi connectivity index (χ0) is 23.3. The van der Waals surface area contributed by atoms with E-state index in [1.807, 2.05) is 13.0 Å². The number of aryl methyl sites for hydroxylation is 1. The minimum absolute atomic E-state index is 0.0139. The van der Waals surface area contributed by atoms with E-state index in [0.717, 1.165) is 23.1 Å². The molecule has 2 atom stereocenters. The Morgan fingerprint density at radius 2 is 2.09 bits per heavy atom. The summed E-state index contributed by atoms with van der Waals surface area (Å²) in [6, 6.07) is 2.67. The number of fused-ring (bicyclic) bond motifs is 1. The smallest absolute Gasteiger partial charge is 0.251 e. The number of anilines is 1. The van der Waals surface area contributed by atoms with Crippen molar-refractivity contribution in [3.8, 4) is 0 Å². The van der Waals surface area contributed by atoms with Gasteiger partial charge in [-0.2, -0.15) is 9.49 Å². The summed E-state index contributed by atoms with van der Waals surface area (Å²) in [6.45, 7) is 1.81. The third-order valence-electron chi connectivity index (χ3n) is 6.30. The molecule has 33 heavy (non-hydrogen) atoms. The number of hydrogen-bond donors (Lipinski definition) is 1. The molecule has 0 spiro atoms. The van der Waals surface area contributed by atoms with Crippen LogP contribution in [0.3, 0.4) is 0 Å². The van der Waals surface area contributed by atoms with Crippen LogP contribution in [0.4, 0.5) is 9.52 Å². The minimum atomic E-state index is -3.47. The fraction of sp³-hybridized carbons (Fsp3) is 0.455. The van der Waals surface area contributed by atoms with Crippen molar-refractivity contribution in [2.75, 3.05) is 5.32 Å². The summed E-state index contributed by atoms with van der Waals surface area (Å²) in [5.74, 6) is -0.248. The van der Waals surface area contributed by atoms with Crippen molar-refractivity contribution < 1.29 is 22.4 Å². The summed E-state index contributed by atoms with van der Waals surface area (Å²) >= 11 is 0.723. The predicted molar refractivity (Wildman–Crippen MR) is 121 cm³/mol. The predicted octanol–water partition coefficient (Wildman–Crippen LogP) is 3.82. The zero-order valence-corrected chi connectivity index (χ0v) is 19.6. The Hall–Kier alpha value is -2.66. The lowest BCUT2D eigenvalue weighted by Gasteiger charge is -2.21. The third-order valence-corrected chi connectivity index (χ3v) is 9.30. The van der Waals surface area contributed by atoms with E-state index < -0.39 is 26.9 Å². The number of ketones is 1. The van der Waals surface area contributed by atoms with Crippen molar-refractivity contribution in [1.82, 2.24) is 14.8 Å². The van der Waals surface area contributed by atoms with E-state index in [1.54, 1.807) is 6.07 Å². The first-order valence-electron chi connectivity index (χ1n) is 10.9. The largest absolute Gasteiger partial charge is 0.300 e. The van der Waals surface area contributed by atoms with E-state index in [0.29, 0.717) is 49.4 Å². The monoisotopic (exact) mass is 490 g/mol. The highest BCUT2D eigenvalue weighted by molar-refractivity contribution is 7.92. The van der Waals surface area contributed by atoms with Crippen LogP contribution in [-0.4, -0.2) is 40.1 Å². The lowest BCUT2D eigenvalue weighted by molar-refractivity contribution is -0.120. The van der Waals surface area contributed by atoms with Gasteiger partial charge in [-0.15, -0.1) is 0 Å². The molecule has 2 aliphatic carbocycles. The van der Waals surface area contributed by atoms with Crippen molar-refractivity contribution in [2.24, 2.45) is 5.92 Å². The standard InChI is InChI=1S/C22H23FN4O4S2/c1-12-6-17-16(19(7-12)33(30,31)15-4-5-15)10-25-27(17)18(9-13-2-3-14(28)8-13)21(29)26-22-24-11-20(23)32-22/h6-7,10-11,13,15,18H,2-5,8-9H2,1H3,(H,24,26,29)/t13-,18+/m0/s1. The van der Waals surface area contributed by atoms with Gasteiger partial charge >= 0.3 is 0 Å². The van der Waals surface area contributed by atoms with Crippen LogP contribution in [0.5, 0.6) is 0 Å². The molecule has 2 heterocycles. The van der Waals surface area contributed by atoms with Crippen molar-refractivity contribution in [3.05, 3.63) is 35.2 Å². The Bertz CT molecular complexity index is 1360. The van der Waals surface area contributed by atoms with Crippen LogP contribution in [0.1, 0.15) is 50.1 Å². The number of rotatable bonds is 7. The summed E-state index contributed by atoms with van der Waals surface area (Å²) in [7, 11) is -3.47. The number of carbonyl (C=O) groups excluding carboxylic acids is 2. The number of hydrogen-bond acceptors (Lipinski definition) is 7. The van der Waals surface area contributed by atoms with Crippen LogP contribution in [0.15, 0.2) is 29.4 Å². The number of carbonyl (C=O) groups is 2. The summed E-state index contributed by atoms with van der Waals surface area (Å²) in [5.41, 5.74) is 1.30. The number of thiazole rings is 1. The van der Waals surface area contributed by atoms with E-state index in [4.69, 9.17) is 0 Å². The second-order valence-corrected chi connectivity index (χ2v) is 12.1. The normalized spacial score (nSPS) is 19.8. The average Bonchev–Trinajstić information content (AvgIpc) is 3.26. The molecule has 0 radical (unpaired) electrons. The Kier molecular flexibility index (Phi) is 5.56. The number of Topliss-reactive ketones (excluding diaryl/α,β-unsaturated/α-hetero) is 1. The van der Waals surface area contributed by atoms with Gasteiger partial charge < -0.3 is 5.32 Å². The number of halogens is 1. The highest BCUT2D eigenvalue weighted by Crippen LogP contribution is 2.38. The Labute approximate surface area is 194 Å². The molecule has 0 unspecified atom stereocenters. The molecule has 11 heteroatoms. The molecule has 0 bridgehead atoms. The molecule has 1 aromatic carbocycles. The average molecular weight is 491 g/mol. The van der Waals surface area contributed by atoms with E-state index in [2.05, 4.69) is 15.4 Å². The summed E-state index contributed by atoms with van der Waals surface area (Å²) in [4.78, 5) is 29.2. The lowest BCUT2D eigenvalue weighted by atomic mass is 9.97. The van der Waals surface area contributed by atoms with Gasteiger partial charge in [0.2, 0.25) is 0 Å². The van der Waals surface area contributed by atoms with Crippen molar-refractivity contribution in [3.63, 3.8) is 0 Å². The topological polar surface area (TPSA) is 111 Å². The molecular weight excluding hydrogens is 467 g/mol. The summed E-state index contributed by atoms with van der Waals surface area (Å²) in [5, 5.41) is 6.82. The van der Waals surface area contributed by atoms with Crippen molar-refractivity contribution in [2.45, 2.75) is 61.6 Å². The van der Waals surface area contributed by atoms with Crippen molar-refractivity contribution in [1.29, 1.82) is 0 Å². The van der Waals surface area contributed by atoms with Gasteiger partial charge in [-0.3, -0.25) is 14.3 Å². The van der Waals surface area contributed by atoms with E-state index in [-0.39, 0.29) is 27.0 Å². The van der Waals surface area contributed by atoms with Gasteiger partial charge in [0.1, 0.15) is 11.8 Å². The Morgan fingerprint density at radius 1 is 1.30 bits per heavy atom. The first kappa shape index (κ1) is 22.1. The van der Waals surface area contributed by atoms with Gasteiger partial charge in [0, 0.05) is 18.2 Å². The first-order chi connectivity index (χ1) is 15.7. The minimum Gasteiger partial charge on any atom is -0.300 e. The molecular formula is C22H23FN4O4S2. The summed E-state index contributed by atoms with van der Waals surface area (Å²) in [6.07, 6.45) is 5.76. The number of nitrogens with zero attached hydrogens (tertiary/aromatic N) is 3. The molecule has 1 N–H and O–H groups in total. The number of aromatic nitrogens is 3. The Morgan fingerprint density at radius 3 is 2.73 bits per heavy atom. The Balaban J connectivity index is 1.56. The molecule has 0 saturated heterocycles. The molecule has 5 rings (SSSR count). The van der Waals surface area contributed by atoms with Crippen LogP contribution in [0.25, 0.3) is 10.9 Å².